The predicted octanol–water partition coefficient (Wildman–Crippen LogP) is 4.08. The number of aromatic nitrogens is 3. The molecule has 2 N–H and O–H groups in total. The summed E-state index contributed by atoms with van der Waals surface area (Å²) in [6.45, 7) is 0. The van der Waals surface area contributed by atoms with Crippen molar-refractivity contribution in [2.24, 2.45) is 0 Å². The van der Waals surface area contributed by atoms with Gasteiger partial charge in [0.25, 0.3) is 0 Å². The Morgan fingerprint density at radius 3 is 2.46 bits per heavy atom. The average Bonchev–Trinajstić information content (AvgIpc) is 3.19. The lowest BCUT2D eigenvalue weighted by atomic mass is 10.1. The van der Waals surface area contributed by atoms with E-state index in [1.807, 2.05) is 36.4 Å². The monoisotopic (exact) mass is 341 g/mol. The van der Waals surface area contributed by atoms with Gasteiger partial charge in [0, 0.05) is 11.8 Å². The van der Waals surface area contributed by atoms with E-state index in [1.165, 1.54) is 0 Å². The Bertz CT molecular complexity index is 1070. The summed E-state index contributed by atoms with van der Waals surface area (Å²) in [6.07, 6.45) is 1.59. The molecular formula is C21H15N3O2. The van der Waals surface area contributed by atoms with Crippen LogP contribution in [0.25, 0.3) is 22.6 Å². The topological polar surface area (TPSA) is 78.9 Å². The van der Waals surface area contributed by atoms with Gasteiger partial charge in [-0.2, -0.15) is 0 Å². The number of carbonyl (C=O) groups excluding carboxylic acids is 1. The van der Waals surface area contributed by atoms with Gasteiger partial charge in [-0.25, -0.2) is 4.98 Å². The number of nitrogens with zero attached hydrogens (tertiary/aromatic N) is 2. The Labute approximate surface area is 150 Å². The number of phenolic OH excluding ortho intramolecular Hbond substituents is 1. The van der Waals surface area contributed by atoms with Crippen LogP contribution < -0.4 is 0 Å². The van der Waals surface area contributed by atoms with Gasteiger partial charge in [0.05, 0.1) is 22.8 Å². The smallest absolute Gasteiger partial charge is 0.227 e. The van der Waals surface area contributed by atoms with Gasteiger partial charge in [-0.3, -0.25) is 9.78 Å². The van der Waals surface area contributed by atoms with Crippen LogP contribution in [0.4, 0.5) is 0 Å². The molecule has 0 saturated carbocycles. The van der Waals surface area contributed by atoms with E-state index in [0.717, 1.165) is 5.69 Å². The number of para-hydroxylation sites is 1. The van der Waals surface area contributed by atoms with Crippen molar-refractivity contribution in [3.8, 4) is 28.4 Å². The first-order chi connectivity index (χ1) is 12.7. The van der Waals surface area contributed by atoms with E-state index < -0.39 is 0 Å². The second kappa shape index (κ2) is 6.64. The van der Waals surface area contributed by atoms with Gasteiger partial charge in [0.2, 0.25) is 5.78 Å². The summed E-state index contributed by atoms with van der Waals surface area (Å²) in [4.78, 5) is 24.3. The highest BCUT2D eigenvalue weighted by molar-refractivity contribution is 6.06. The number of hydrogen-bond donors (Lipinski definition) is 2. The predicted molar refractivity (Wildman–Crippen MR) is 98.8 cm³/mol. The van der Waals surface area contributed by atoms with Crippen molar-refractivity contribution in [2.75, 3.05) is 0 Å². The third-order valence-corrected chi connectivity index (χ3v) is 4.03. The van der Waals surface area contributed by atoms with Gasteiger partial charge < -0.3 is 10.1 Å². The quantitative estimate of drug-likeness (QED) is 0.548. The zero-order valence-corrected chi connectivity index (χ0v) is 13.8. The van der Waals surface area contributed by atoms with Gasteiger partial charge in [-0.1, -0.05) is 24.3 Å². The fraction of sp³-hybridized carbons (Fsp3) is 0. The zero-order chi connectivity index (χ0) is 17.9. The van der Waals surface area contributed by atoms with Crippen molar-refractivity contribution >= 4 is 5.78 Å². The first kappa shape index (κ1) is 15.8. The molecule has 0 saturated heterocycles. The van der Waals surface area contributed by atoms with Crippen LogP contribution in [0.15, 0.2) is 79.0 Å². The lowest BCUT2D eigenvalue weighted by molar-refractivity contribution is 0.103. The average molecular weight is 341 g/mol. The van der Waals surface area contributed by atoms with Crippen molar-refractivity contribution in [3.63, 3.8) is 0 Å². The number of pyridine rings is 2. The summed E-state index contributed by atoms with van der Waals surface area (Å²) in [5.41, 5.74) is 3.57. The molecule has 4 rings (SSSR count). The van der Waals surface area contributed by atoms with Crippen LogP contribution in [0.2, 0.25) is 0 Å². The van der Waals surface area contributed by atoms with Crippen LogP contribution in [-0.2, 0) is 0 Å². The molecule has 126 valence electrons. The largest absolute Gasteiger partial charge is 0.507 e. The minimum absolute atomic E-state index is 0.172. The Balaban J connectivity index is 1.67. The van der Waals surface area contributed by atoms with Crippen LogP contribution in [0.5, 0.6) is 5.75 Å². The van der Waals surface area contributed by atoms with E-state index in [2.05, 4.69) is 15.0 Å². The molecule has 0 aliphatic heterocycles. The van der Waals surface area contributed by atoms with E-state index >= 15 is 0 Å². The first-order valence-electron chi connectivity index (χ1n) is 8.13. The second-order valence-corrected chi connectivity index (χ2v) is 5.76. The molecule has 0 amide bonds. The Morgan fingerprint density at radius 1 is 0.846 bits per heavy atom. The summed E-state index contributed by atoms with van der Waals surface area (Å²) in [5.74, 6) is 0.00311. The number of hydrogen-bond acceptors (Lipinski definition) is 4. The highest BCUT2D eigenvalue weighted by atomic mass is 16.3. The van der Waals surface area contributed by atoms with Crippen molar-refractivity contribution < 1.29 is 9.90 Å². The van der Waals surface area contributed by atoms with E-state index in [9.17, 15) is 9.90 Å². The molecule has 26 heavy (non-hydrogen) atoms. The van der Waals surface area contributed by atoms with Gasteiger partial charge in [-0.15, -0.1) is 0 Å². The fourth-order valence-corrected chi connectivity index (χ4v) is 2.74. The van der Waals surface area contributed by atoms with E-state index in [0.29, 0.717) is 28.3 Å². The molecule has 0 radical (unpaired) electrons. The molecule has 0 spiro atoms. The van der Waals surface area contributed by atoms with E-state index in [4.69, 9.17) is 0 Å². The van der Waals surface area contributed by atoms with Crippen molar-refractivity contribution in [1.82, 2.24) is 15.0 Å². The fourth-order valence-electron chi connectivity index (χ4n) is 2.74. The van der Waals surface area contributed by atoms with Crippen LogP contribution in [-0.4, -0.2) is 25.8 Å². The van der Waals surface area contributed by atoms with Crippen LogP contribution in [0.3, 0.4) is 0 Å². The van der Waals surface area contributed by atoms with Crippen molar-refractivity contribution in [1.29, 1.82) is 0 Å². The number of aromatic amines is 1. The molecule has 1 aromatic carbocycles. The number of phenols is 1. The molecule has 0 aliphatic rings. The highest BCUT2D eigenvalue weighted by Gasteiger charge is 2.14. The lowest BCUT2D eigenvalue weighted by Crippen LogP contribution is -2.03. The number of carbonyl (C=O) groups is 1. The molecule has 0 aliphatic carbocycles. The molecule has 0 atom stereocenters. The van der Waals surface area contributed by atoms with Gasteiger partial charge >= 0.3 is 0 Å². The number of ketones is 1. The zero-order valence-electron chi connectivity index (χ0n) is 13.8. The summed E-state index contributed by atoms with van der Waals surface area (Å²) < 4.78 is 0. The third-order valence-electron chi connectivity index (χ3n) is 4.03. The minimum Gasteiger partial charge on any atom is -0.507 e. The van der Waals surface area contributed by atoms with Crippen molar-refractivity contribution in [3.05, 3.63) is 90.4 Å². The molecule has 5 nitrogen and oxygen atoms in total. The first-order valence-corrected chi connectivity index (χ1v) is 8.13. The van der Waals surface area contributed by atoms with Crippen LogP contribution in [0.1, 0.15) is 16.2 Å². The number of rotatable bonds is 4. The molecule has 4 aromatic rings. The molecular weight excluding hydrogens is 326 g/mol. The number of H-pyrrole nitrogens is 1. The normalized spacial score (nSPS) is 10.6. The maximum absolute atomic E-state index is 12.5. The maximum Gasteiger partial charge on any atom is 0.227 e. The number of aromatic hydroxyl groups is 1. The Morgan fingerprint density at radius 2 is 1.65 bits per heavy atom. The number of nitrogens with one attached hydrogen (secondary N) is 1. The SMILES string of the molecule is O=C(c1ccccn1)c1ccc(-c2cccc(-c3ccccc3O)n2)[nH]1. The van der Waals surface area contributed by atoms with E-state index in [-0.39, 0.29) is 11.5 Å². The van der Waals surface area contributed by atoms with E-state index in [1.54, 1.807) is 42.6 Å². The Kier molecular flexibility index (Phi) is 4.03. The van der Waals surface area contributed by atoms with Crippen molar-refractivity contribution in [2.45, 2.75) is 0 Å². The maximum atomic E-state index is 12.5. The lowest BCUT2D eigenvalue weighted by Gasteiger charge is -2.05. The molecule has 3 heterocycles. The summed E-state index contributed by atoms with van der Waals surface area (Å²) in [7, 11) is 0. The van der Waals surface area contributed by atoms with Gasteiger partial charge in [-0.05, 0) is 48.5 Å². The standard InChI is InChI=1S/C21H15N3O2/c25-20-10-2-1-6-14(20)15-8-5-9-16(23-15)17-11-12-19(24-17)21(26)18-7-3-4-13-22-18/h1-13,24-25H. The van der Waals surface area contributed by atoms with Gasteiger partial charge in [0.15, 0.2) is 0 Å². The van der Waals surface area contributed by atoms with Crippen LogP contribution in [0, 0.1) is 0 Å². The Hall–Kier alpha value is -3.73. The summed E-state index contributed by atoms with van der Waals surface area (Å²) in [6, 6.07) is 21.4. The summed E-state index contributed by atoms with van der Waals surface area (Å²) >= 11 is 0. The molecule has 5 heteroatoms. The number of benzene rings is 1. The van der Waals surface area contributed by atoms with Crippen LogP contribution >= 0.6 is 0 Å². The minimum atomic E-state index is -0.172. The summed E-state index contributed by atoms with van der Waals surface area (Å²) in [5, 5.41) is 10.0. The molecule has 3 aromatic heterocycles. The third kappa shape index (κ3) is 2.98. The molecule has 0 fully saturated rings. The highest BCUT2D eigenvalue weighted by Crippen LogP contribution is 2.28. The molecule has 0 unspecified atom stereocenters. The van der Waals surface area contributed by atoms with Gasteiger partial charge in [0.1, 0.15) is 11.4 Å². The molecule has 0 bridgehead atoms. The second-order valence-electron chi connectivity index (χ2n) is 5.76.